The number of hydrogen-bond donors (Lipinski definition) is 1. The smallest absolute Gasteiger partial charge is 0.122 e. The lowest BCUT2D eigenvalue weighted by atomic mass is 10.1. The Morgan fingerprint density at radius 1 is 1.40 bits per heavy atom. The SMILES string of the molecule is COC(C)c1nc(CC(C)C)c(CN)s1. The molecule has 0 aromatic carbocycles. The standard InChI is InChI=1S/C11H20N2OS/c1-7(2)5-9-10(6-12)15-11(13-9)8(3)14-4/h7-8H,5-6,12H2,1-4H3. The number of nitrogens with two attached hydrogens (primary N) is 1. The van der Waals surface area contributed by atoms with E-state index in [4.69, 9.17) is 10.5 Å². The van der Waals surface area contributed by atoms with Crippen molar-refractivity contribution in [3.8, 4) is 0 Å². The van der Waals surface area contributed by atoms with E-state index >= 15 is 0 Å². The average Bonchev–Trinajstić information content (AvgIpc) is 2.59. The van der Waals surface area contributed by atoms with Crippen molar-refractivity contribution >= 4 is 11.3 Å². The highest BCUT2D eigenvalue weighted by molar-refractivity contribution is 7.11. The van der Waals surface area contributed by atoms with Gasteiger partial charge in [-0.15, -0.1) is 11.3 Å². The first kappa shape index (κ1) is 12.6. The van der Waals surface area contributed by atoms with E-state index in [1.165, 1.54) is 4.88 Å². The van der Waals surface area contributed by atoms with Gasteiger partial charge < -0.3 is 10.5 Å². The predicted molar refractivity (Wildman–Crippen MR) is 64.0 cm³/mol. The van der Waals surface area contributed by atoms with Gasteiger partial charge in [0, 0.05) is 18.5 Å². The Morgan fingerprint density at radius 2 is 2.07 bits per heavy atom. The number of thiazole rings is 1. The van der Waals surface area contributed by atoms with Crippen LogP contribution in [0.3, 0.4) is 0 Å². The van der Waals surface area contributed by atoms with E-state index in [2.05, 4.69) is 18.8 Å². The average molecular weight is 228 g/mol. The lowest BCUT2D eigenvalue weighted by molar-refractivity contribution is 0.119. The highest BCUT2D eigenvalue weighted by atomic mass is 32.1. The summed E-state index contributed by atoms with van der Waals surface area (Å²) >= 11 is 1.67. The molecule has 86 valence electrons. The summed E-state index contributed by atoms with van der Waals surface area (Å²) in [5, 5.41) is 1.04. The van der Waals surface area contributed by atoms with Gasteiger partial charge in [-0.1, -0.05) is 13.8 Å². The van der Waals surface area contributed by atoms with Gasteiger partial charge in [0.05, 0.1) is 5.69 Å². The van der Waals surface area contributed by atoms with Crippen molar-refractivity contribution < 1.29 is 4.74 Å². The zero-order valence-electron chi connectivity index (χ0n) is 9.91. The fourth-order valence-corrected chi connectivity index (χ4v) is 2.38. The van der Waals surface area contributed by atoms with E-state index in [1.807, 2.05) is 6.92 Å². The Labute approximate surface area is 95.7 Å². The van der Waals surface area contributed by atoms with Crippen LogP contribution in [-0.4, -0.2) is 12.1 Å². The Hall–Kier alpha value is -0.450. The fraction of sp³-hybridized carbons (Fsp3) is 0.727. The molecule has 0 radical (unpaired) electrons. The molecule has 0 aliphatic heterocycles. The van der Waals surface area contributed by atoms with Gasteiger partial charge in [-0.2, -0.15) is 0 Å². The van der Waals surface area contributed by atoms with Crippen LogP contribution < -0.4 is 5.73 Å². The maximum absolute atomic E-state index is 5.71. The molecule has 0 saturated carbocycles. The van der Waals surface area contributed by atoms with E-state index in [0.29, 0.717) is 12.5 Å². The third-order valence-electron chi connectivity index (χ3n) is 2.28. The van der Waals surface area contributed by atoms with Crippen LogP contribution in [-0.2, 0) is 17.7 Å². The molecule has 0 amide bonds. The second kappa shape index (κ2) is 5.58. The maximum atomic E-state index is 5.71. The molecule has 0 spiro atoms. The van der Waals surface area contributed by atoms with Gasteiger partial charge in [-0.05, 0) is 19.3 Å². The van der Waals surface area contributed by atoms with Crippen LogP contribution in [0.4, 0.5) is 0 Å². The molecule has 4 heteroatoms. The van der Waals surface area contributed by atoms with Crippen molar-refractivity contribution in [2.45, 2.75) is 39.8 Å². The van der Waals surface area contributed by atoms with E-state index in [-0.39, 0.29) is 6.10 Å². The van der Waals surface area contributed by atoms with Crippen molar-refractivity contribution in [3.05, 3.63) is 15.6 Å². The molecular weight excluding hydrogens is 208 g/mol. The number of hydrogen-bond acceptors (Lipinski definition) is 4. The second-order valence-electron chi connectivity index (χ2n) is 4.10. The third-order valence-corrected chi connectivity index (χ3v) is 3.56. The largest absolute Gasteiger partial charge is 0.375 e. The van der Waals surface area contributed by atoms with Crippen molar-refractivity contribution in [2.24, 2.45) is 11.7 Å². The molecule has 2 N–H and O–H groups in total. The fourth-order valence-electron chi connectivity index (χ4n) is 1.38. The summed E-state index contributed by atoms with van der Waals surface area (Å²) in [5.41, 5.74) is 6.86. The van der Waals surface area contributed by atoms with Crippen molar-refractivity contribution in [1.82, 2.24) is 4.98 Å². The van der Waals surface area contributed by atoms with E-state index in [0.717, 1.165) is 17.1 Å². The summed E-state index contributed by atoms with van der Waals surface area (Å²) in [6, 6.07) is 0. The minimum absolute atomic E-state index is 0.0706. The van der Waals surface area contributed by atoms with Crippen LogP contribution in [0, 0.1) is 5.92 Å². The normalized spacial score (nSPS) is 13.5. The van der Waals surface area contributed by atoms with Crippen LogP contribution in [0.15, 0.2) is 0 Å². The van der Waals surface area contributed by atoms with Gasteiger partial charge in [-0.25, -0.2) is 4.98 Å². The highest BCUT2D eigenvalue weighted by Gasteiger charge is 2.15. The molecule has 0 bridgehead atoms. The molecule has 1 heterocycles. The van der Waals surface area contributed by atoms with E-state index in [1.54, 1.807) is 18.4 Å². The van der Waals surface area contributed by atoms with Crippen LogP contribution >= 0.6 is 11.3 Å². The molecule has 3 nitrogen and oxygen atoms in total. The van der Waals surface area contributed by atoms with Crippen LogP contribution in [0.5, 0.6) is 0 Å². The summed E-state index contributed by atoms with van der Waals surface area (Å²) in [6.45, 7) is 6.98. The maximum Gasteiger partial charge on any atom is 0.122 e. The lowest BCUT2D eigenvalue weighted by Gasteiger charge is -2.04. The first-order valence-corrected chi connectivity index (χ1v) is 6.11. The van der Waals surface area contributed by atoms with Gasteiger partial charge in [-0.3, -0.25) is 0 Å². The molecule has 15 heavy (non-hydrogen) atoms. The molecule has 0 aliphatic rings. The number of ether oxygens (including phenoxy) is 1. The minimum atomic E-state index is 0.0706. The molecule has 1 aromatic heterocycles. The summed E-state index contributed by atoms with van der Waals surface area (Å²) in [6.07, 6.45) is 1.07. The minimum Gasteiger partial charge on any atom is -0.375 e. The molecule has 0 fully saturated rings. The molecule has 1 atom stereocenters. The Bertz CT molecular complexity index is 310. The van der Waals surface area contributed by atoms with Crippen molar-refractivity contribution in [1.29, 1.82) is 0 Å². The monoisotopic (exact) mass is 228 g/mol. The van der Waals surface area contributed by atoms with Crippen molar-refractivity contribution in [3.63, 3.8) is 0 Å². The molecule has 0 aliphatic carbocycles. The van der Waals surface area contributed by atoms with Gasteiger partial charge in [0.1, 0.15) is 11.1 Å². The van der Waals surface area contributed by atoms with Gasteiger partial charge in [0.15, 0.2) is 0 Å². The molecule has 1 rings (SSSR count). The summed E-state index contributed by atoms with van der Waals surface area (Å²) in [5.74, 6) is 0.614. The second-order valence-corrected chi connectivity index (χ2v) is 5.22. The molecule has 0 saturated heterocycles. The summed E-state index contributed by atoms with van der Waals surface area (Å²) < 4.78 is 5.26. The molecule has 1 aromatic rings. The first-order chi connectivity index (χ1) is 7.08. The summed E-state index contributed by atoms with van der Waals surface area (Å²) in [4.78, 5) is 5.80. The molecular formula is C11H20N2OS. The Kier molecular flexibility index (Phi) is 4.70. The van der Waals surface area contributed by atoms with E-state index < -0.39 is 0 Å². The zero-order valence-corrected chi connectivity index (χ0v) is 10.7. The van der Waals surface area contributed by atoms with Crippen molar-refractivity contribution in [2.75, 3.05) is 7.11 Å². The lowest BCUT2D eigenvalue weighted by Crippen LogP contribution is -2.02. The zero-order chi connectivity index (χ0) is 11.4. The van der Waals surface area contributed by atoms with E-state index in [9.17, 15) is 0 Å². The van der Waals surface area contributed by atoms with Gasteiger partial charge in [0.25, 0.3) is 0 Å². The summed E-state index contributed by atoms with van der Waals surface area (Å²) in [7, 11) is 1.70. The number of aromatic nitrogens is 1. The third kappa shape index (κ3) is 3.26. The van der Waals surface area contributed by atoms with Crippen LogP contribution in [0.2, 0.25) is 0 Å². The quantitative estimate of drug-likeness (QED) is 0.842. The Morgan fingerprint density at radius 3 is 2.53 bits per heavy atom. The van der Waals surface area contributed by atoms with Gasteiger partial charge >= 0.3 is 0 Å². The predicted octanol–water partition coefficient (Wildman–Crippen LogP) is 2.51. The van der Waals surface area contributed by atoms with Gasteiger partial charge in [0.2, 0.25) is 0 Å². The number of nitrogens with zero attached hydrogens (tertiary/aromatic N) is 1. The van der Waals surface area contributed by atoms with Crippen LogP contribution in [0.1, 0.15) is 42.5 Å². The topological polar surface area (TPSA) is 48.1 Å². The number of methoxy groups -OCH3 is 1. The van der Waals surface area contributed by atoms with Crippen LogP contribution in [0.25, 0.3) is 0 Å². The Balaban J connectivity index is 2.89. The first-order valence-electron chi connectivity index (χ1n) is 5.29. The highest BCUT2D eigenvalue weighted by Crippen LogP contribution is 2.26. The number of rotatable bonds is 5. The molecule has 1 unspecified atom stereocenters.